The number of fused-ring (bicyclic) bond motifs is 1. The van der Waals surface area contributed by atoms with E-state index in [0.29, 0.717) is 11.5 Å². The zero-order valence-corrected chi connectivity index (χ0v) is 14.2. The van der Waals surface area contributed by atoms with Crippen LogP contribution >= 0.6 is 0 Å². The highest BCUT2D eigenvalue weighted by atomic mass is 16.1. The van der Waals surface area contributed by atoms with Crippen LogP contribution in [0.15, 0.2) is 48.9 Å². The fraction of sp³-hybridized carbons (Fsp3) is 0.263. The number of carbonyl (C=O) groups excluding carboxylic acids is 1. The first-order chi connectivity index (χ1) is 12.3. The van der Waals surface area contributed by atoms with Crippen molar-refractivity contribution < 1.29 is 4.79 Å². The molecular formula is C19H21N5O. The summed E-state index contributed by atoms with van der Waals surface area (Å²) in [6.07, 6.45) is 8.22. The molecule has 0 saturated carbocycles. The number of anilines is 2. The lowest BCUT2D eigenvalue weighted by molar-refractivity contribution is 0.102. The second kappa shape index (κ2) is 8.19. The summed E-state index contributed by atoms with van der Waals surface area (Å²) in [4.78, 5) is 25.2. The number of pyridine rings is 1. The van der Waals surface area contributed by atoms with Gasteiger partial charge in [-0.15, -0.1) is 0 Å². The molecule has 6 nitrogen and oxygen atoms in total. The smallest absolute Gasteiger partial charge is 0.275 e. The molecule has 0 saturated heterocycles. The number of benzene rings is 1. The monoisotopic (exact) mass is 335 g/mol. The van der Waals surface area contributed by atoms with Crippen molar-refractivity contribution in [3.63, 3.8) is 0 Å². The molecule has 0 bridgehead atoms. The van der Waals surface area contributed by atoms with E-state index in [4.69, 9.17) is 0 Å². The molecule has 2 aromatic heterocycles. The third-order valence-corrected chi connectivity index (χ3v) is 3.85. The molecule has 0 radical (unpaired) electrons. The van der Waals surface area contributed by atoms with Gasteiger partial charge in [0.25, 0.3) is 5.91 Å². The minimum absolute atomic E-state index is 0.270. The molecule has 25 heavy (non-hydrogen) atoms. The molecule has 0 aliphatic carbocycles. The molecule has 3 rings (SSSR count). The summed E-state index contributed by atoms with van der Waals surface area (Å²) in [6, 6.07) is 9.48. The normalized spacial score (nSPS) is 10.6. The van der Waals surface area contributed by atoms with Crippen LogP contribution in [0.1, 0.15) is 36.7 Å². The molecule has 0 aliphatic rings. The van der Waals surface area contributed by atoms with Gasteiger partial charge in [-0.1, -0.05) is 38.0 Å². The predicted octanol–water partition coefficient (Wildman–Crippen LogP) is 3.88. The van der Waals surface area contributed by atoms with Crippen LogP contribution in [0.4, 0.5) is 11.5 Å². The summed E-state index contributed by atoms with van der Waals surface area (Å²) in [5, 5.41) is 7.03. The number of para-hydroxylation sites is 1. The number of nitrogens with zero attached hydrogens (tertiary/aromatic N) is 3. The van der Waals surface area contributed by atoms with Crippen molar-refractivity contribution in [2.24, 2.45) is 0 Å². The lowest BCUT2D eigenvalue weighted by atomic mass is 10.2. The highest BCUT2D eigenvalue weighted by Gasteiger charge is 2.11. The molecule has 1 aromatic carbocycles. The Morgan fingerprint density at radius 1 is 1.04 bits per heavy atom. The van der Waals surface area contributed by atoms with Crippen molar-refractivity contribution in [2.75, 3.05) is 17.2 Å². The Morgan fingerprint density at radius 2 is 1.92 bits per heavy atom. The summed E-state index contributed by atoms with van der Waals surface area (Å²) < 4.78 is 0. The molecule has 6 heteroatoms. The second-order valence-electron chi connectivity index (χ2n) is 5.76. The number of amides is 1. The van der Waals surface area contributed by atoms with E-state index in [1.165, 1.54) is 19.0 Å². The maximum atomic E-state index is 12.4. The van der Waals surface area contributed by atoms with Gasteiger partial charge in [0.05, 0.1) is 23.6 Å². The predicted molar refractivity (Wildman–Crippen MR) is 99.7 cm³/mol. The van der Waals surface area contributed by atoms with Gasteiger partial charge in [0.1, 0.15) is 11.5 Å². The van der Waals surface area contributed by atoms with E-state index >= 15 is 0 Å². The Bertz CT molecular complexity index is 843. The Morgan fingerprint density at radius 3 is 2.72 bits per heavy atom. The van der Waals surface area contributed by atoms with E-state index in [-0.39, 0.29) is 11.6 Å². The lowest BCUT2D eigenvalue weighted by Crippen LogP contribution is -2.15. The quantitative estimate of drug-likeness (QED) is 0.641. The Balaban J connectivity index is 1.66. The molecule has 2 heterocycles. The number of aromatic nitrogens is 3. The molecule has 2 N–H and O–H groups in total. The summed E-state index contributed by atoms with van der Waals surface area (Å²) in [7, 11) is 0. The maximum absolute atomic E-state index is 12.4. The first-order valence-electron chi connectivity index (χ1n) is 8.49. The average Bonchev–Trinajstić information content (AvgIpc) is 2.66. The van der Waals surface area contributed by atoms with Gasteiger partial charge in [0.2, 0.25) is 0 Å². The number of carbonyl (C=O) groups is 1. The van der Waals surface area contributed by atoms with E-state index in [0.717, 1.165) is 23.9 Å². The summed E-state index contributed by atoms with van der Waals surface area (Å²) in [5.41, 5.74) is 1.68. The van der Waals surface area contributed by atoms with Crippen LogP contribution < -0.4 is 10.6 Å². The Kier molecular flexibility index (Phi) is 5.51. The molecule has 0 fully saturated rings. The summed E-state index contributed by atoms with van der Waals surface area (Å²) in [5.74, 6) is 0.377. The van der Waals surface area contributed by atoms with Crippen LogP contribution in [0.5, 0.6) is 0 Å². The molecule has 0 unspecified atom stereocenters. The topological polar surface area (TPSA) is 79.8 Å². The number of hydrogen-bond donors (Lipinski definition) is 2. The van der Waals surface area contributed by atoms with Gasteiger partial charge >= 0.3 is 0 Å². The molecule has 3 aromatic rings. The fourth-order valence-electron chi connectivity index (χ4n) is 2.52. The van der Waals surface area contributed by atoms with Crippen molar-refractivity contribution in [3.05, 3.63) is 54.6 Å². The van der Waals surface area contributed by atoms with Gasteiger partial charge in [-0.2, -0.15) is 0 Å². The van der Waals surface area contributed by atoms with Gasteiger partial charge in [-0.25, -0.2) is 9.97 Å². The Hall–Kier alpha value is -3.02. The number of hydrogen-bond acceptors (Lipinski definition) is 5. The third-order valence-electron chi connectivity index (χ3n) is 3.85. The first kappa shape index (κ1) is 16.8. The van der Waals surface area contributed by atoms with Gasteiger partial charge in [-0.3, -0.25) is 9.78 Å². The summed E-state index contributed by atoms with van der Waals surface area (Å²) >= 11 is 0. The van der Waals surface area contributed by atoms with E-state index < -0.39 is 0 Å². The van der Waals surface area contributed by atoms with Crippen LogP contribution in [0.2, 0.25) is 0 Å². The van der Waals surface area contributed by atoms with Gasteiger partial charge < -0.3 is 10.6 Å². The van der Waals surface area contributed by atoms with E-state index in [1.807, 2.05) is 30.3 Å². The van der Waals surface area contributed by atoms with Crippen molar-refractivity contribution in [1.29, 1.82) is 0 Å². The van der Waals surface area contributed by atoms with Crippen molar-refractivity contribution in [3.8, 4) is 0 Å². The zero-order valence-electron chi connectivity index (χ0n) is 14.2. The van der Waals surface area contributed by atoms with Crippen LogP contribution in [0.25, 0.3) is 10.9 Å². The minimum atomic E-state index is -0.303. The van der Waals surface area contributed by atoms with E-state index in [9.17, 15) is 4.79 Å². The number of nitrogens with one attached hydrogen (secondary N) is 2. The van der Waals surface area contributed by atoms with Gasteiger partial charge in [0, 0.05) is 18.1 Å². The molecule has 128 valence electrons. The second-order valence-corrected chi connectivity index (χ2v) is 5.76. The average molecular weight is 335 g/mol. The molecule has 0 aliphatic heterocycles. The van der Waals surface area contributed by atoms with Crippen molar-refractivity contribution in [1.82, 2.24) is 15.0 Å². The zero-order chi connectivity index (χ0) is 17.5. The third kappa shape index (κ3) is 4.29. The SMILES string of the molecule is CCCCCNc1cnc(C(=O)Nc2cccc3cccnc23)cn1. The van der Waals surface area contributed by atoms with Crippen LogP contribution in [-0.2, 0) is 0 Å². The summed E-state index contributed by atoms with van der Waals surface area (Å²) in [6.45, 7) is 3.02. The van der Waals surface area contributed by atoms with Crippen LogP contribution in [0, 0.1) is 0 Å². The van der Waals surface area contributed by atoms with Crippen LogP contribution in [0.3, 0.4) is 0 Å². The first-order valence-corrected chi connectivity index (χ1v) is 8.49. The standard InChI is InChI=1S/C19H21N5O/c1-2-3-4-10-20-17-13-22-16(12-23-17)19(25)24-15-9-5-7-14-8-6-11-21-18(14)15/h5-9,11-13H,2-4,10H2,1H3,(H,20,23)(H,24,25). The number of unbranched alkanes of at least 4 members (excludes halogenated alkanes) is 2. The number of rotatable bonds is 7. The Labute approximate surface area is 146 Å². The fourth-order valence-corrected chi connectivity index (χ4v) is 2.52. The maximum Gasteiger partial charge on any atom is 0.275 e. The molecular weight excluding hydrogens is 314 g/mol. The van der Waals surface area contributed by atoms with Crippen LogP contribution in [-0.4, -0.2) is 27.4 Å². The van der Waals surface area contributed by atoms with Crippen molar-refractivity contribution in [2.45, 2.75) is 26.2 Å². The highest BCUT2D eigenvalue weighted by Crippen LogP contribution is 2.21. The molecule has 0 atom stereocenters. The van der Waals surface area contributed by atoms with Gasteiger partial charge in [0.15, 0.2) is 0 Å². The van der Waals surface area contributed by atoms with E-state index in [1.54, 1.807) is 12.4 Å². The lowest BCUT2D eigenvalue weighted by Gasteiger charge is -2.08. The van der Waals surface area contributed by atoms with E-state index in [2.05, 4.69) is 32.5 Å². The van der Waals surface area contributed by atoms with Crippen molar-refractivity contribution >= 4 is 28.3 Å². The molecule has 1 amide bonds. The minimum Gasteiger partial charge on any atom is -0.369 e. The molecule has 0 spiro atoms. The largest absolute Gasteiger partial charge is 0.369 e. The highest BCUT2D eigenvalue weighted by molar-refractivity contribution is 6.07. The van der Waals surface area contributed by atoms with Gasteiger partial charge in [-0.05, 0) is 18.6 Å².